The van der Waals surface area contributed by atoms with Gasteiger partial charge in [0.05, 0.1) is 12.1 Å². The summed E-state index contributed by atoms with van der Waals surface area (Å²) in [6.45, 7) is 0.905. The van der Waals surface area contributed by atoms with E-state index in [-0.39, 0.29) is 0 Å². The van der Waals surface area contributed by atoms with Crippen molar-refractivity contribution in [1.82, 2.24) is 4.90 Å². The highest BCUT2D eigenvalue weighted by atomic mass is 16.5. The first-order valence-corrected chi connectivity index (χ1v) is 4.15. The molecule has 2 rings (SSSR count). The Labute approximate surface area is 66.3 Å². The Bertz CT molecular complexity index is 181. The third-order valence-corrected chi connectivity index (χ3v) is 2.76. The zero-order chi connectivity index (χ0) is 7.84. The minimum absolute atomic E-state index is 0.307. The van der Waals surface area contributed by atoms with E-state index in [1.807, 2.05) is 4.90 Å². The number of ether oxygens (including phenoxy) is 1. The zero-order valence-corrected chi connectivity index (χ0v) is 6.75. The van der Waals surface area contributed by atoms with Gasteiger partial charge >= 0.3 is 0 Å². The van der Waals surface area contributed by atoms with Crippen molar-refractivity contribution in [2.45, 2.75) is 31.4 Å². The number of fused-ring (bicyclic) bond motifs is 1. The van der Waals surface area contributed by atoms with Crippen LogP contribution in [0.2, 0.25) is 0 Å². The van der Waals surface area contributed by atoms with Crippen LogP contribution in [0.4, 0.5) is 0 Å². The summed E-state index contributed by atoms with van der Waals surface area (Å²) in [5.74, 6) is 0.314. The van der Waals surface area contributed by atoms with Crippen LogP contribution in [-0.4, -0.2) is 36.6 Å². The molecule has 0 N–H and O–H groups in total. The number of amides is 1. The topological polar surface area (TPSA) is 29.5 Å². The lowest BCUT2D eigenvalue weighted by atomic mass is 10.1. The number of carbonyl (C=O) groups excluding carboxylic acids is 1. The molecule has 2 heterocycles. The second kappa shape index (κ2) is 2.48. The van der Waals surface area contributed by atoms with Crippen LogP contribution in [0.1, 0.15) is 19.3 Å². The Morgan fingerprint density at radius 3 is 3.09 bits per heavy atom. The lowest BCUT2D eigenvalue weighted by Gasteiger charge is -2.18. The number of hydrogen-bond donors (Lipinski definition) is 0. The fourth-order valence-electron chi connectivity index (χ4n) is 2.17. The second-order valence-corrected chi connectivity index (χ2v) is 3.26. The summed E-state index contributed by atoms with van der Waals surface area (Å²) in [5.41, 5.74) is 0. The van der Waals surface area contributed by atoms with Crippen molar-refractivity contribution in [3.05, 3.63) is 0 Å². The minimum Gasteiger partial charge on any atom is -0.379 e. The minimum atomic E-state index is 0.307. The highest BCUT2D eigenvalue weighted by Crippen LogP contribution is 2.30. The van der Waals surface area contributed by atoms with Gasteiger partial charge in [-0.3, -0.25) is 4.79 Å². The van der Waals surface area contributed by atoms with Crippen molar-refractivity contribution in [2.24, 2.45) is 0 Å². The van der Waals surface area contributed by atoms with Crippen LogP contribution in [0.5, 0.6) is 0 Å². The highest BCUT2D eigenvalue weighted by Gasteiger charge is 2.41. The van der Waals surface area contributed by atoms with Gasteiger partial charge in [0.15, 0.2) is 0 Å². The van der Waals surface area contributed by atoms with Crippen molar-refractivity contribution in [3.63, 3.8) is 0 Å². The van der Waals surface area contributed by atoms with Crippen LogP contribution in [0.3, 0.4) is 0 Å². The van der Waals surface area contributed by atoms with Crippen LogP contribution in [0, 0.1) is 0 Å². The van der Waals surface area contributed by atoms with Crippen LogP contribution >= 0.6 is 0 Å². The summed E-state index contributed by atoms with van der Waals surface area (Å²) in [4.78, 5) is 13.2. The molecule has 3 heteroatoms. The Morgan fingerprint density at radius 1 is 1.55 bits per heavy atom. The Hall–Kier alpha value is -0.570. The first kappa shape index (κ1) is 7.10. The predicted octanol–water partition coefficient (Wildman–Crippen LogP) is 0.396. The SMILES string of the molecule is CO[C@@H]1CCN2C(=O)CC[C@H]12. The predicted molar refractivity (Wildman–Crippen MR) is 40.1 cm³/mol. The fourth-order valence-corrected chi connectivity index (χ4v) is 2.17. The molecule has 2 fully saturated rings. The number of nitrogens with zero attached hydrogens (tertiary/aromatic N) is 1. The summed E-state index contributed by atoms with van der Waals surface area (Å²) >= 11 is 0. The van der Waals surface area contributed by atoms with Gasteiger partial charge in [-0.05, 0) is 12.8 Å². The Kier molecular flexibility index (Phi) is 1.60. The molecule has 62 valence electrons. The van der Waals surface area contributed by atoms with Gasteiger partial charge in [-0.1, -0.05) is 0 Å². The van der Waals surface area contributed by atoms with Crippen molar-refractivity contribution >= 4 is 5.91 Å². The first-order valence-electron chi connectivity index (χ1n) is 4.15. The van der Waals surface area contributed by atoms with Crippen LogP contribution in [0.25, 0.3) is 0 Å². The lowest BCUT2D eigenvalue weighted by molar-refractivity contribution is -0.128. The summed E-state index contributed by atoms with van der Waals surface area (Å²) in [5, 5.41) is 0. The number of rotatable bonds is 1. The van der Waals surface area contributed by atoms with Crippen molar-refractivity contribution in [3.8, 4) is 0 Å². The molecule has 2 atom stereocenters. The van der Waals surface area contributed by atoms with Gasteiger partial charge in [0.1, 0.15) is 0 Å². The lowest BCUT2D eigenvalue weighted by Crippen LogP contribution is -2.32. The Morgan fingerprint density at radius 2 is 2.36 bits per heavy atom. The molecule has 0 bridgehead atoms. The molecule has 3 nitrogen and oxygen atoms in total. The molecule has 0 aromatic rings. The van der Waals surface area contributed by atoms with E-state index >= 15 is 0 Å². The molecule has 0 saturated carbocycles. The molecule has 0 aromatic carbocycles. The van der Waals surface area contributed by atoms with Gasteiger partial charge in [0.25, 0.3) is 0 Å². The molecule has 0 spiro atoms. The van der Waals surface area contributed by atoms with E-state index in [0.717, 1.165) is 25.8 Å². The summed E-state index contributed by atoms with van der Waals surface area (Å²) in [6, 6.07) is 0.396. The molecule has 0 aliphatic carbocycles. The smallest absolute Gasteiger partial charge is 0.222 e. The van der Waals surface area contributed by atoms with Gasteiger partial charge in [-0.15, -0.1) is 0 Å². The highest BCUT2D eigenvalue weighted by molar-refractivity contribution is 5.79. The maximum atomic E-state index is 11.2. The van der Waals surface area contributed by atoms with Gasteiger partial charge in [-0.2, -0.15) is 0 Å². The number of carbonyl (C=O) groups is 1. The van der Waals surface area contributed by atoms with Crippen molar-refractivity contribution in [2.75, 3.05) is 13.7 Å². The monoisotopic (exact) mass is 155 g/mol. The van der Waals surface area contributed by atoms with Gasteiger partial charge in [0, 0.05) is 20.1 Å². The molecule has 0 radical (unpaired) electrons. The molecule has 0 unspecified atom stereocenters. The first-order chi connectivity index (χ1) is 5.33. The van der Waals surface area contributed by atoms with E-state index in [1.54, 1.807) is 7.11 Å². The Balaban J connectivity index is 2.10. The van der Waals surface area contributed by atoms with Crippen molar-refractivity contribution in [1.29, 1.82) is 0 Å². The van der Waals surface area contributed by atoms with E-state index in [1.165, 1.54) is 0 Å². The van der Waals surface area contributed by atoms with Gasteiger partial charge in [0.2, 0.25) is 5.91 Å². The molecule has 2 aliphatic heterocycles. The summed E-state index contributed by atoms with van der Waals surface area (Å²) in [7, 11) is 1.73. The van der Waals surface area contributed by atoms with Crippen LogP contribution < -0.4 is 0 Å². The van der Waals surface area contributed by atoms with E-state index < -0.39 is 0 Å². The van der Waals surface area contributed by atoms with E-state index in [4.69, 9.17) is 4.74 Å². The fraction of sp³-hybridized carbons (Fsp3) is 0.875. The quantitative estimate of drug-likeness (QED) is 0.548. The zero-order valence-electron chi connectivity index (χ0n) is 6.75. The normalized spacial score (nSPS) is 36.5. The third kappa shape index (κ3) is 0.948. The number of methoxy groups -OCH3 is 1. The standard InChI is InChI=1S/C8H13NO2/c1-11-7-4-5-9-6(7)2-3-8(9)10/h6-7H,2-5H2,1H3/t6-,7-/m1/s1. The van der Waals surface area contributed by atoms with E-state index in [0.29, 0.717) is 18.1 Å². The molecule has 0 aromatic heterocycles. The molecular weight excluding hydrogens is 142 g/mol. The van der Waals surface area contributed by atoms with E-state index in [2.05, 4.69) is 0 Å². The average Bonchev–Trinajstić information content (AvgIpc) is 2.53. The molecule has 11 heavy (non-hydrogen) atoms. The summed E-state index contributed by atoms with van der Waals surface area (Å²) < 4.78 is 5.28. The molecule has 1 amide bonds. The van der Waals surface area contributed by atoms with E-state index in [9.17, 15) is 4.79 Å². The molecular formula is C8H13NO2. The maximum Gasteiger partial charge on any atom is 0.222 e. The number of hydrogen-bond acceptors (Lipinski definition) is 2. The second-order valence-electron chi connectivity index (χ2n) is 3.26. The van der Waals surface area contributed by atoms with Gasteiger partial charge < -0.3 is 9.64 Å². The molecule has 2 saturated heterocycles. The summed E-state index contributed by atoms with van der Waals surface area (Å²) in [6.07, 6.45) is 3.05. The van der Waals surface area contributed by atoms with Crippen LogP contribution in [0.15, 0.2) is 0 Å². The van der Waals surface area contributed by atoms with Gasteiger partial charge in [-0.25, -0.2) is 0 Å². The molecule has 2 aliphatic rings. The van der Waals surface area contributed by atoms with Crippen molar-refractivity contribution < 1.29 is 9.53 Å². The average molecular weight is 155 g/mol. The van der Waals surface area contributed by atoms with Crippen LogP contribution in [-0.2, 0) is 9.53 Å². The third-order valence-electron chi connectivity index (χ3n) is 2.76. The maximum absolute atomic E-state index is 11.2. The largest absolute Gasteiger partial charge is 0.379 e.